The van der Waals surface area contributed by atoms with E-state index < -0.39 is 0 Å². The van der Waals surface area contributed by atoms with Gasteiger partial charge in [0.05, 0.1) is 24.7 Å². The van der Waals surface area contributed by atoms with Crippen LogP contribution in [-0.4, -0.2) is 79.4 Å². The molecule has 1 aromatic carbocycles. The van der Waals surface area contributed by atoms with Crippen molar-refractivity contribution in [1.29, 1.82) is 0 Å². The zero-order chi connectivity index (χ0) is 23.8. The van der Waals surface area contributed by atoms with Crippen LogP contribution in [0.15, 0.2) is 18.2 Å². The van der Waals surface area contributed by atoms with Crippen LogP contribution in [0, 0.1) is 0 Å². The highest BCUT2D eigenvalue weighted by Crippen LogP contribution is 2.24. The fraction of sp³-hybridized carbons (Fsp3) is 0.625. The van der Waals surface area contributed by atoms with Gasteiger partial charge in [-0.05, 0) is 57.9 Å². The highest BCUT2D eigenvalue weighted by atomic mass is 35.5. The summed E-state index contributed by atoms with van der Waals surface area (Å²) < 4.78 is 5.81. The summed E-state index contributed by atoms with van der Waals surface area (Å²) in [4.78, 5) is 42.1. The summed E-state index contributed by atoms with van der Waals surface area (Å²) in [5.41, 5.74) is 0.364. The number of rotatable bonds is 3. The van der Waals surface area contributed by atoms with Gasteiger partial charge in [0.25, 0.3) is 5.91 Å². The lowest BCUT2D eigenvalue weighted by Gasteiger charge is -2.28. The van der Waals surface area contributed by atoms with E-state index in [1.807, 2.05) is 14.0 Å². The van der Waals surface area contributed by atoms with Crippen molar-refractivity contribution in [1.82, 2.24) is 20.4 Å². The van der Waals surface area contributed by atoms with Gasteiger partial charge in [-0.1, -0.05) is 24.4 Å². The average molecular weight is 479 g/mol. The molecule has 0 spiro atoms. The standard InChI is InChI=1S/C24H35ClN4O4/c1-17-16-33-21-10-9-18(25)13-20(21)24(32)26-11-5-6-12-29(14-22(30)27-17)23(31)15-28(2)19-7-3-4-8-19/h9-10,13,17,19H,3-8,11-12,14-16H2,1-2H3,(H,26,32)(H,27,30)/t17-/m0/s1. The first-order valence-electron chi connectivity index (χ1n) is 11.8. The molecule has 1 atom stereocenters. The van der Waals surface area contributed by atoms with E-state index in [0.717, 1.165) is 12.8 Å². The number of hydrogen-bond donors (Lipinski definition) is 2. The van der Waals surface area contributed by atoms with Crippen LogP contribution in [-0.2, 0) is 9.59 Å². The Balaban J connectivity index is 1.66. The Bertz CT molecular complexity index is 844. The molecule has 1 saturated carbocycles. The molecular weight excluding hydrogens is 444 g/mol. The first kappa shape index (κ1) is 25.3. The summed E-state index contributed by atoms with van der Waals surface area (Å²) in [5.74, 6) is -0.105. The summed E-state index contributed by atoms with van der Waals surface area (Å²) in [6.45, 7) is 3.26. The van der Waals surface area contributed by atoms with E-state index >= 15 is 0 Å². The molecular formula is C24H35ClN4O4. The maximum Gasteiger partial charge on any atom is 0.255 e. The minimum atomic E-state index is -0.299. The number of fused-ring (bicyclic) bond motifs is 1. The van der Waals surface area contributed by atoms with Crippen molar-refractivity contribution in [2.24, 2.45) is 0 Å². The molecule has 0 bridgehead atoms. The number of ether oxygens (including phenoxy) is 1. The van der Waals surface area contributed by atoms with Crippen LogP contribution in [0.5, 0.6) is 5.75 Å². The van der Waals surface area contributed by atoms with Crippen LogP contribution in [0.4, 0.5) is 0 Å². The van der Waals surface area contributed by atoms with Gasteiger partial charge in [0, 0.05) is 24.2 Å². The maximum atomic E-state index is 13.0. The third-order valence-electron chi connectivity index (χ3n) is 6.24. The van der Waals surface area contributed by atoms with Crippen LogP contribution in [0.2, 0.25) is 5.02 Å². The predicted molar refractivity (Wildman–Crippen MR) is 128 cm³/mol. The van der Waals surface area contributed by atoms with Crippen LogP contribution in [0.25, 0.3) is 0 Å². The van der Waals surface area contributed by atoms with Crippen molar-refractivity contribution in [2.75, 3.05) is 39.8 Å². The molecule has 0 aromatic heterocycles. The largest absolute Gasteiger partial charge is 0.491 e. The number of amides is 3. The van der Waals surface area contributed by atoms with Gasteiger partial charge in [0.15, 0.2) is 0 Å². The van der Waals surface area contributed by atoms with Crippen molar-refractivity contribution in [3.8, 4) is 5.75 Å². The Morgan fingerprint density at radius 2 is 1.97 bits per heavy atom. The Labute approximate surface area is 201 Å². The highest BCUT2D eigenvalue weighted by molar-refractivity contribution is 6.31. The van der Waals surface area contributed by atoms with Gasteiger partial charge >= 0.3 is 0 Å². The topological polar surface area (TPSA) is 91.0 Å². The summed E-state index contributed by atoms with van der Waals surface area (Å²) in [6, 6.07) is 5.04. The molecule has 3 amide bonds. The number of nitrogens with zero attached hydrogens (tertiary/aromatic N) is 2. The fourth-order valence-electron chi connectivity index (χ4n) is 4.36. The minimum absolute atomic E-state index is 0.0141. The molecule has 0 unspecified atom stereocenters. The number of likely N-dealkylation sites (N-methyl/N-ethyl adjacent to an activating group) is 1. The lowest BCUT2D eigenvalue weighted by molar-refractivity contribution is -0.137. The number of carbonyl (C=O) groups is 3. The minimum Gasteiger partial charge on any atom is -0.491 e. The second-order valence-corrected chi connectivity index (χ2v) is 9.49. The van der Waals surface area contributed by atoms with Crippen LogP contribution in [0.1, 0.15) is 55.8 Å². The van der Waals surface area contributed by atoms with Crippen molar-refractivity contribution in [2.45, 2.75) is 57.5 Å². The monoisotopic (exact) mass is 478 g/mol. The Hall–Kier alpha value is -2.32. The van der Waals surface area contributed by atoms with Crippen molar-refractivity contribution in [3.63, 3.8) is 0 Å². The molecule has 0 saturated heterocycles. The van der Waals surface area contributed by atoms with Crippen molar-refractivity contribution < 1.29 is 19.1 Å². The number of carbonyl (C=O) groups excluding carboxylic acids is 3. The molecule has 3 rings (SSSR count). The summed E-state index contributed by atoms with van der Waals surface area (Å²) >= 11 is 6.07. The third-order valence-corrected chi connectivity index (χ3v) is 6.48. The molecule has 8 nitrogen and oxygen atoms in total. The SMILES string of the molecule is C[C@H]1COc2ccc(Cl)cc2C(=O)NCCCCN(C(=O)CN(C)C2CCCC2)CC(=O)N1. The predicted octanol–water partition coefficient (Wildman–Crippen LogP) is 2.45. The molecule has 0 radical (unpaired) electrons. The molecule has 1 aromatic rings. The zero-order valence-corrected chi connectivity index (χ0v) is 20.3. The second-order valence-electron chi connectivity index (χ2n) is 9.05. The first-order chi connectivity index (χ1) is 15.8. The maximum absolute atomic E-state index is 13.0. The van der Waals surface area contributed by atoms with Gasteiger partial charge in [-0.15, -0.1) is 0 Å². The smallest absolute Gasteiger partial charge is 0.255 e. The zero-order valence-electron chi connectivity index (χ0n) is 19.6. The van der Waals surface area contributed by atoms with Crippen LogP contribution in [0.3, 0.4) is 0 Å². The van der Waals surface area contributed by atoms with Crippen LogP contribution >= 0.6 is 11.6 Å². The Morgan fingerprint density at radius 1 is 1.21 bits per heavy atom. The van der Waals surface area contributed by atoms with Gasteiger partial charge in [-0.25, -0.2) is 0 Å². The molecule has 1 fully saturated rings. The van der Waals surface area contributed by atoms with E-state index in [2.05, 4.69) is 15.5 Å². The van der Waals surface area contributed by atoms with Crippen molar-refractivity contribution >= 4 is 29.3 Å². The molecule has 9 heteroatoms. The molecule has 2 N–H and O–H groups in total. The summed E-state index contributed by atoms with van der Waals surface area (Å²) in [7, 11) is 1.99. The number of benzene rings is 1. The number of halogens is 1. The van der Waals surface area contributed by atoms with E-state index in [9.17, 15) is 14.4 Å². The van der Waals surface area contributed by atoms with Crippen LogP contribution < -0.4 is 15.4 Å². The molecule has 1 aliphatic heterocycles. The van der Waals surface area contributed by atoms with E-state index in [1.165, 1.54) is 12.8 Å². The van der Waals surface area contributed by atoms with E-state index in [-0.39, 0.29) is 36.9 Å². The van der Waals surface area contributed by atoms with Gasteiger partial charge < -0.3 is 20.3 Å². The molecule has 1 aliphatic carbocycles. The average Bonchev–Trinajstić information content (AvgIpc) is 3.31. The van der Waals surface area contributed by atoms with E-state index in [0.29, 0.717) is 54.9 Å². The van der Waals surface area contributed by atoms with Gasteiger partial charge in [0.1, 0.15) is 12.4 Å². The van der Waals surface area contributed by atoms with E-state index in [1.54, 1.807) is 23.1 Å². The normalized spacial score (nSPS) is 21.5. The second kappa shape index (κ2) is 12.2. The quantitative estimate of drug-likeness (QED) is 0.696. The van der Waals surface area contributed by atoms with Gasteiger partial charge in [-0.3, -0.25) is 19.3 Å². The lowest BCUT2D eigenvalue weighted by Crippen LogP contribution is -2.48. The third kappa shape index (κ3) is 7.61. The highest BCUT2D eigenvalue weighted by Gasteiger charge is 2.25. The van der Waals surface area contributed by atoms with Gasteiger partial charge in [0.2, 0.25) is 11.8 Å². The fourth-order valence-corrected chi connectivity index (χ4v) is 4.53. The van der Waals surface area contributed by atoms with E-state index in [4.69, 9.17) is 16.3 Å². The number of hydrogen-bond acceptors (Lipinski definition) is 5. The van der Waals surface area contributed by atoms with Crippen molar-refractivity contribution in [3.05, 3.63) is 28.8 Å². The molecule has 1 heterocycles. The first-order valence-corrected chi connectivity index (χ1v) is 12.2. The lowest BCUT2D eigenvalue weighted by atomic mass is 10.1. The molecule has 2 aliphatic rings. The molecule has 33 heavy (non-hydrogen) atoms. The Kier molecular flexibility index (Phi) is 9.38. The Morgan fingerprint density at radius 3 is 2.73 bits per heavy atom. The summed E-state index contributed by atoms with van der Waals surface area (Å²) in [6.07, 6.45) is 6.02. The molecule has 182 valence electrons. The number of nitrogens with one attached hydrogen (secondary N) is 2. The summed E-state index contributed by atoms with van der Waals surface area (Å²) in [5, 5.41) is 6.24. The van der Waals surface area contributed by atoms with Gasteiger partial charge in [-0.2, -0.15) is 0 Å².